The molecule has 6 aliphatic rings. The van der Waals surface area contributed by atoms with Crippen LogP contribution in [0.3, 0.4) is 0 Å². The SMILES string of the molecule is C[C@H](CCCCCCCCOC[C@H](NC(=O)OC(C)(C)C)C(=O)N1C[C@H](OC(=O)N2Cc3ccccc3C2)C[C@H]1C(N)=O)B1OC2CC3CC(C3(C)C)C2(C)O1. The van der Waals surface area contributed by atoms with Crippen molar-refractivity contribution in [1.29, 1.82) is 0 Å². The Labute approximate surface area is 333 Å². The summed E-state index contributed by atoms with van der Waals surface area (Å²) in [6.07, 6.45) is 7.97. The number of unbranched alkanes of at least 4 members (excludes halogenated alkanes) is 5. The van der Waals surface area contributed by atoms with Gasteiger partial charge in [0.2, 0.25) is 11.8 Å². The van der Waals surface area contributed by atoms with Crippen LogP contribution in [-0.4, -0.2) is 96.2 Å². The Bertz CT molecular complexity index is 1560. The lowest BCUT2D eigenvalue weighted by Gasteiger charge is -2.64. The minimum absolute atomic E-state index is 0.0376. The van der Waals surface area contributed by atoms with Gasteiger partial charge in [0.15, 0.2) is 0 Å². The molecule has 0 spiro atoms. The zero-order valence-electron chi connectivity index (χ0n) is 34.7. The number of hydrogen-bond acceptors (Lipinski definition) is 9. The Morgan fingerprint density at radius 1 is 0.982 bits per heavy atom. The molecule has 4 amide bonds. The van der Waals surface area contributed by atoms with Crippen LogP contribution in [0.2, 0.25) is 5.82 Å². The van der Waals surface area contributed by atoms with Gasteiger partial charge in [0.25, 0.3) is 0 Å². The Balaban J connectivity index is 0.908. The van der Waals surface area contributed by atoms with Crippen molar-refractivity contribution in [2.24, 2.45) is 23.0 Å². The normalized spacial score (nSPS) is 28.6. The molecule has 3 heterocycles. The molecule has 2 bridgehead atoms. The molecule has 4 unspecified atom stereocenters. The van der Waals surface area contributed by atoms with Crippen LogP contribution in [0.15, 0.2) is 24.3 Å². The number of nitrogens with zero attached hydrogens (tertiary/aromatic N) is 2. The predicted octanol–water partition coefficient (Wildman–Crippen LogP) is 6.35. The van der Waals surface area contributed by atoms with Crippen LogP contribution in [0.4, 0.5) is 9.59 Å². The van der Waals surface area contributed by atoms with Crippen molar-refractivity contribution >= 4 is 31.1 Å². The fourth-order valence-corrected chi connectivity index (χ4v) is 9.76. The third-order valence-corrected chi connectivity index (χ3v) is 13.1. The summed E-state index contributed by atoms with van der Waals surface area (Å²) in [5.74, 6) is 0.430. The van der Waals surface area contributed by atoms with E-state index < -0.39 is 47.8 Å². The quantitative estimate of drug-likeness (QED) is 0.144. The lowest BCUT2D eigenvalue weighted by atomic mass is 9.43. The Hall–Kier alpha value is -3.36. The summed E-state index contributed by atoms with van der Waals surface area (Å²) >= 11 is 0. The summed E-state index contributed by atoms with van der Waals surface area (Å²) in [6.45, 7) is 15.6. The van der Waals surface area contributed by atoms with E-state index in [0.29, 0.717) is 36.8 Å². The van der Waals surface area contributed by atoms with Gasteiger partial charge in [0.05, 0.1) is 24.9 Å². The maximum absolute atomic E-state index is 13.9. The molecule has 310 valence electrons. The van der Waals surface area contributed by atoms with Crippen molar-refractivity contribution in [3.05, 3.63) is 35.4 Å². The van der Waals surface area contributed by atoms with Crippen molar-refractivity contribution in [1.82, 2.24) is 15.1 Å². The molecule has 2 saturated heterocycles. The van der Waals surface area contributed by atoms with Crippen molar-refractivity contribution < 1.29 is 42.7 Å². The van der Waals surface area contributed by atoms with Gasteiger partial charge < -0.3 is 39.5 Å². The summed E-state index contributed by atoms with van der Waals surface area (Å²) in [4.78, 5) is 55.2. The summed E-state index contributed by atoms with van der Waals surface area (Å²) in [5.41, 5.74) is 7.24. The molecule has 5 fully saturated rings. The molecule has 8 atom stereocenters. The largest absolute Gasteiger partial charge is 0.460 e. The number of alkyl carbamates (subject to hydrolysis) is 1. The molecule has 3 aliphatic carbocycles. The fraction of sp³-hybridized carbons (Fsp3) is 0.762. The molecule has 3 N–H and O–H groups in total. The lowest BCUT2D eigenvalue weighted by Crippen LogP contribution is -2.65. The number of nitrogens with one attached hydrogen (secondary N) is 1. The topological polar surface area (TPSA) is 159 Å². The molecule has 7 rings (SSSR count). The van der Waals surface area contributed by atoms with Gasteiger partial charge in [-0.25, -0.2) is 9.59 Å². The molecule has 14 heteroatoms. The van der Waals surface area contributed by atoms with E-state index in [0.717, 1.165) is 68.4 Å². The summed E-state index contributed by atoms with van der Waals surface area (Å²) in [7, 11) is -0.109. The van der Waals surface area contributed by atoms with Crippen LogP contribution >= 0.6 is 0 Å². The molecule has 13 nitrogen and oxygen atoms in total. The van der Waals surface area contributed by atoms with Crippen LogP contribution in [0.5, 0.6) is 0 Å². The van der Waals surface area contributed by atoms with Crippen molar-refractivity contribution in [3.63, 3.8) is 0 Å². The first kappa shape index (κ1) is 42.3. The molecule has 1 aromatic carbocycles. The van der Waals surface area contributed by atoms with E-state index >= 15 is 0 Å². The van der Waals surface area contributed by atoms with Crippen LogP contribution in [0, 0.1) is 17.3 Å². The van der Waals surface area contributed by atoms with Crippen LogP contribution in [-0.2, 0) is 46.2 Å². The highest BCUT2D eigenvalue weighted by Gasteiger charge is 2.68. The van der Waals surface area contributed by atoms with Crippen LogP contribution < -0.4 is 11.1 Å². The second-order valence-electron chi connectivity index (χ2n) is 18.8. The molecule has 0 aromatic heterocycles. The van der Waals surface area contributed by atoms with Gasteiger partial charge in [-0.3, -0.25) is 14.5 Å². The highest BCUT2D eigenvalue weighted by molar-refractivity contribution is 6.47. The Morgan fingerprint density at radius 3 is 2.29 bits per heavy atom. The number of carbonyl (C=O) groups excluding carboxylic acids is 4. The van der Waals surface area contributed by atoms with Crippen molar-refractivity contribution in [2.75, 3.05) is 19.8 Å². The number of nitrogens with two attached hydrogens (primary N) is 1. The van der Waals surface area contributed by atoms with Crippen molar-refractivity contribution in [3.8, 4) is 0 Å². The molecule has 3 saturated carbocycles. The minimum atomic E-state index is -1.13. The highest BCUT2D eigenvalue weighted by Crippen LogP contribution is 2.66. The van der Waals surface area contributed by atoms with Gasteiger partial charge in [-0.2, -0.15) is 0 Å². The van der Waals surface area contributed by atoms with E-state index in [1.807, 2.05) is 24.3 Å². The average Bonchev–Trinajstić information content (AvgIpc) is 3.85. The third-order valence-electron chi connectivity index (χ3n) is 13.1. The molecule has 1 aromatic rings. The number of hydrogen-bond donors (Lipinski definition) is 2. The number of amides is 4. The first-order valence-electron chi connectivity index (χ1n) is 21.0. The number of primary amides is 1. The minimum Gasteiger partial charge on any atom is -0.444 e. The lowest BCUT2D eigenvalue weighted by molar-refractivity contribution is -0.199. The maximum atomic E-state index is 13.9. The van der Waals surface area contributed by atoms with E-state index in [1.54, 1.807) is 25.7 Å². The van der Waals surface area contributed by atoms with E-state index in [1.165, 1.54) is 11.3 Å². The Morgan fingerprint density at radius 2 is 1.64 bits per heavy atom. The number of rotatable bonds is 16. The van der Waals surface area contributed by atoms with Gasteiger partial charge in [-0.1, -0.05) is 83.6 Å². The zero-order chi connectivity index (χ0) is 40.4. The zero-order valence-corrected chi connectivity index (χ0v) is 34.7. The van der Waals surface area contributed by atoms with Gasteiger partial charge in [-0.15, -0.1) is 0 Å². The van der Waals surface area contributed by atoms with Crippen LogP contribution in [0.1, 0.15) is 124 Å². The maximum Gasteiger partial charge on any atom is 0.460 e. The van der Waals surface area contributed by atoms with Gasteiger partial charge >= 0.3 is 19.3 Å². The van der Waals surface area contributed by atoms with E-state index in [2.05, 4.69) is 33.0 Å². The standard InChI is InChI=1S/C42H65BN4O9/c1-27(43-55-35-21-30-20-34(41(30,5)6)42(35,7)56-43)16-12-10-8-9-11-15-19-52-26-32(45-38(50)54-40(2,3)4)37(49)47-25-31(22-33(47)36(44)48)53-39(51)46-23-28-17-13-14-18-29(28)24-46/h13-14,17-18,27,30-35H,8-12,15-16,19-26H2,1-7H3,(H2,44,48)(H,45,50)/t27-,30?,31-,32+,33+,34?,35?,42?/m1/s1. The van der Waals surface area contributed by atoms with Gasteiger partial charge in [0, 0.05) is 26.1 Å². The second kappa shape index (κ2) is 17.2. The molecule has 3 aliphatic heterocycles. The summed E-state index contributed by atoms with van der Waals surface area (Å²) in [6, 6.07) is 5.65. The number of ether oxygens (including phenoxy) is 3. The second-order valence-corrected chi connectivity index (χ2v) is 18.8. The third kappa shape index (κ3) is 9.50. The number of fused-ring (bicyclic) bond motifs is 1. The van der Waals surface area contributed by atoms with E-state index in [9.17, 15) is 19.2 Å². The van der Waals surface area contributed by atoms with E-state index in [4.69, 9.17) is 29.3 Å². The van der Waals surface area contributed by atoms with Crippen molar-refractivity contribution in [2.45, 2.75) is 167 Å². The highest BCUT2D eigenvalue weighted by atomic mass is 16.7. The molecule has 0 radical (unpaired) electrons. The average molecular weight is 781 g/mol. The number of likely N-dealkylation sites (tertiary alicyclic amines) is 1. The number of carbonyl (C=O) groups is 4. The number of benzene rings is 1. The molecular formula is C42H65BN4O9. The first-order valence-corrected chi connectivity index (χ1v) is 21.0. The molecular weight excluding hydrogens is 715 g/mol. The van der Waals surface area contributed by atoms with E-state index in [-0.39, 0.29) is 38.4 Å². The summed E-state index contributed by atoms with van der Waals surface area (Å²) < 4.78 is 30.3. The monoisotopic (exact) mass is 780 g/mol. The van der Waals surface area contributed by atoms with Gasteiger partial charge in [0.1, 0.15) is 23.8 Å². The fourth-order valence-electron chi connectivity index (χ4n) is 9.76. The van der Waals surface area contributed by atoms with Crippen LogP contribution in [0.25, 0.3) is 0 Å². The predicted molar refractivity (Wildman–Crippen MR) is 211 cm³/mol. The summed E-state index contributed by atoms with van der Waals surface area (Å²) in [5, 5.41) is 2.64. The molecule has 56 heavy (non-hydrogen) atoms. The Kier molecular flexibility index (Phi) is 13.0. The smallest absolute Gasteiger partial charge is 0.444 e. The van der Waals surface area contributed by atoms with Gasteiger partial charge in [-0.05, 0) is 81.2 Å². The first-order chi connectivity index (χ1) is 26.5.